The molecule has 0 bridgehead atoms. The Kier molecular flexibility index (Phi) is 2.30. The van der Waals surface area contributed by atoms with Crippen molar-refractivity contribution < 1.29 is 13.2 Å². The lowest BCUT2D eigenvalue weighted by Crippen LogP contribution is -2.08. The number of fused-ring (bicyclic) bond motifs is 1. The van der Waals surface area contributed by atoms with E-state index in [1.54, 1.807) is 0 Å². The van der Waals surface area contributed by atoms with Crippen LogP contribution in [0.4, 0.5) is 13.2 Å². The Balaban J connectivity index is 2.39. The average Bonchev–Trinajstić information content (AvgIpc) is 2.15. The minimum atomic E-state index is -4.31. The molecule has 0 fully saturated rings. The molecule has 0 saturated carbocycles. The minimum Gasteiger partial charge on any atom is -0.253 e. The molecule has 0 unspecified atom stereocenters. The van der Waals surface area contributed by atoms with Crippen LogP contribution in [0.15, 0.2) is 30.6 Å². The van der Waals surface area contributed by atoms with Crippen LogP contribution in [0.2, 0.25) is 0 Å². The van der Waals surface area contributed by atoms with E-state index >= 15 is 0 Å². The lowest BCUT2D eigenvalue weighted by atomic mass is 10.1. The molecule has 0 aliphatic rings. The predicted octanol–water partition coefficient (Wildman–Crippen LogP) is 2.74. The molecule has 15 heavy (non-hydrogen) atoms. The summed E-state index contributed by atoms with van der Waals surface area (Å²) in [5, 5.41) is 0. The molecule has 1 radical (unpaired) electrons. The Bertz CT molecular complexity index is 479. The molecule has 77 valence electrons. The number of halogens is 3. The number of aromatic nitrogens is 2. The summed E-state index contributed by atoms with van der Waals surface area (Å²) in [5.41, 5.74) is 1.11. The summed E-state index contributed by atoms with van der Waals surface area (Å²) in [4.78, 5) is 7.88. The average molecular weight is 211 g/mol. The highest BCUT2D eigenvalue weighted by Gasteiger charge is 2.28. The summed E-state index contributed by atoms with van der Waals surface area (Å²) in [6, 6.07) is 4.24. The first-order valence-electron chi connectivity index (χ1n) is 4.18. The van der Waals surface area contributed by atoms with Crippen molar-refractivity contribution in [2.24, 2.45) is 0 Å². The maximum absolute atomic E-state index is 12.0. The maximum Gasteiger partial charge on any atom is 0.396 e. The number of hydrogen-bond acceptors (Lipinski definition) is 2. The number of rotatable bonds is 1. The van der Waals surface area contributed by atoms with Gasteiger partial charge in [-0.25, -0.2) is 0 Å². The summed E-state index contributed by atoms with van der Waals surface area (Å²) in [6.45, 7) is 0. The van der Waals surface area contributed by atoms with Crippen LogP contribution in [-0.2, 0) is 0 Å². The number of benzene rings is 1. The van der Waals surface area contributed by atoms with Crippen molar-refractivity contribution in [2.45, 2.75) is 6.18 Å². The third-order valence-corrected chi connectivity index (χ3v) is 1.82. The number of nitrogens with zero attached hydrogens (tertiary/aromatic N) is 2. The van der Waals surface area contributed by atoms with Gasteiger partial charge in [-0.2, -0.15) is 13.2 Å². The zero-order valence-corrected chi connectivity index (χ0v) is 7.49. The van der Waals surface area contributed by atoms with Gasteiger partial charge in [-0.15, -0.1) is 0 Å². The molecule has 1 aromatic carbocycles. The zero-order chi connectivity index (χ0) is 10.9. The van der Waals surface area contributed by atoms with Crippen molar-refractivity contribution >= 4 is 11.0 Å². The van der Waals surface area contributed by atoms with Crippen LogP contribution in [0, 0.1) is 6.42 Å². The third-order valence-electron chi connectivity index (χ3n) is 1.82. The standard InChI is InChI=1S/C10H6F3N2/c11-10(12,13)6-7-1-2-8-9(5-7)15-4-3-14-8/h1-6H. The molecule has 0 spiro atoms. The third kappa shape index (κ3) is 2.43. The largest absolute Gasteiger partial charge is 0.396 e. The van der Waals surface area contributed by atoms with Crippen molar-refractivity contribution in [1.29, 1.82) is 0 Å². The van der Waals surface area contributed by atoms with Crippen molar-refractivity contribution in [3.8, 4) is 0 Å². The van der Waals surface area contributed by atoms with E-state index in [1.807, 2.05) is 0 Å². The van der Waals surface area contributed by atoms with Gasteiger partial charge in [0.15, 0.2) is 0 Å². The molecule has 2 nitrogen and oxygen atoms in total. The van der Waals surface area contributed by atoms with Gasteiger partial charge >= 0.3 is 6.18 Å². The second-order valence-electron chi connectivity index (χ2n) is 2.99. The van der Waals surface area contributed by atoms with Crippen LogP contribution in [0.3, 0.4) is 0 Å². The minimum absolute atomic E-state index is 0.0792. The van der Waals surface area contributed by atoms with E-state index in [1.165, 1.54) is 30.6 Å². The van der Waals surface area contributed by atoms with Gasteiger partial charge in [0.05, 0.1) is 17.5 Å². The molecule has 0 N–H and O–H groups in total. The van der Waals surface area contributed by atoms with E-state index < -0.39 is 6.18 Å². The molecule has 0 aliphatic heterocycles. The summed E-state index contributed by atoms with van der Waals surface area (Å²) in [7, 11) is 0. The highest BCUT2D eigenvalue weighted by Crippen LogP contribution is 2.24. The lowest BCUT2D eigenvalue weighted by molar-refractivity contribution is -0.0927. The smallest absolute Gasteiger partial charge is 0.253 e. The first-order chi connectivity index (χ1) is 7.04. The normalized spacial score (nSPS) is 11.9. The van der Waals surface area contributed by atoms with Gasteiger partial charge < -0.3 is 0 Å². The number of alkyl halides is 3. The lowest BCUT2D eigenvalue weighted by Gasteiger charge is -2.05. The molecular formula is C10H6F3N2. The van der Waals surface area contributed by atoms with E-state index in [9.17, 15) is 13.2 Å². The van der Waals surface area contributed by atoms with Crippen molar-refractivity contribution in [1.82, 2.24) is 9.97 Å². The van der Waals surface area contributed by atoms with Gasteiger partial charge in [0.2, 0.25) is 0 Å². The molecular weight excluding hydrogens is 205 g/mol. The molecule has 1 aromatic heterocycles. The fourth-order valence-corrected chi connectivity index (χ4v) is 1.26. The summed E-state index contributed by atoms with van der Waals surface area (Å²) < 4.78 is 36.1. The molecule has 1 heterocycles. The molecule has 0 saturated heterocycles. The highest BCUT2D eigenvalue weighted by molar-refractivity contribution is 5.74. The predicted molar refractivity (Wildman–Crippen MR) is 49.0 cm³/mol. The summed E-state index contributed by atoms with van der Waals surface area (Å²) >= 11 is 0. The second-order valence-corrected chi connectivity index (χ2v) is 2.99. The van der Waals surface area contributed by atoms with Crippen molar-refractivity contribution in [2.75, 3.05) is 0 Å². The Morgan fingerprint density at radius 3 is 2.33 bits per heavy atom. The fraction of sp³-hybridized carbons (Fsp3) is 0.100. The Labute approximate surface area is 83.8 Å². The van der Waals surface area contributed by atoms with E-state index in [4.69, 9.17) is 0 Å². The Morgan fingerprint density at radius 2 is 1.67 bits per heavy atom. The van der Waals surface area contributed by atoms with Crippen molar-refractivity contribution in [3.05, 3.63) is 42.6 Å². The fourth-order valence-electron chi connectivity index (χ4n) is 1.26. The molecule has 2 aromatic rings. The van der Waals surface area contributed by atoms with Crippen LogP contribution in [0.1, 0.15) is 5.56 Å². The first kappa shape index (κ1) is 9.89. The second kappa shape index (κ2) is 3.49. The van der Waals surface area contributed by atoms with Crippen LogP contribution in [-0.4, -0.2) is 16.1 Å². The van der Waals surface area contributed by atoms with E-state index in [2.05, 4.69) is 9.97 Å². The van der Waals surface area contributed by atoms with Crippen LogP contribution in [0.25, 0.3) is 11.0 Å². The van der Waals surface area contributed by atoms with Crippen molar-refractivity contribution in [3.63, 3.8) is 0 Å². The Morgan fingerprint density at radius 1 is 1.00 bits per heavy atom. The topological polar surface area (TPSA) is 25.8 Å². The van der Waals surface area contributed by atoms with E-state index in [-0.39, 0.29) is 12.0 Å². The van der Waals surface area contributed by atoms with Crippen LogP contribution >= 0.6 is 0 Å². The number of hydrogen-bond donors (Lipinski definition) is 0. The van der Waals surface area contributed by atoms with Crippen LogP contribution in [0.5, 0.6) is 0 Å². The first-order valence-corrected chi connectivity index (χ1v) is 4.18. The summed E-state index contributed by atoms with van der Waals surface area (Å²) in [6.07, 6.45) is -1.13. The summed E-state index contributed by atoms with van der Waals surface area (Å²) in [5.74, 6) is 0. The molecule has 0 aliphatic carbocycles. The molecule has 0 amide bonds. The molecule has 5 heteroatoms. The van der Waals surface area contributed by atoms with Gasteiger partial charge in [0, 0.05) is 12.4 Å². The Hall–Kier alpha value is -1.65. The van der Waals surface area contributed by atoms with Gasteiger partial charge in [0.25, 0.3) is 0 Å². The molecule has 0 atom stereocenters. The van der Waals surface area contributed by atoms with E-state index in [0.717, 1.165) is 0 Å². The van der Waals surface area contributed by atoms with Gasteiger partial charge in [-0.05, 0) is 17.7 Å². The highest BCUT2D eigenvalue weighted by atomic mass is 19.4. The van der Waals surface area contributed by atoms with E-state index in [0.29, 0.717) is 11.0 Å². The van der Waals surface area contributed by atoms with Gasteiger partial charge in [-0.1, -0.05) is 6.07 Å². The monoisotopic (exact) mass is 211 g/mol. The van der Waals surface area contributed by atoms with Gasteiger partial charge in [0.1, 0.15) is 0 Å². The molecule has 2 rings (SSSR count). The zero-order valence-electron chi connectivity index (χ0n) is 7.49. The quantitative estimate of drug-likeness (QED) is 0.724. The van der Waals surface area contributed by atoms with Crippen LogP contribution < -0.4 is 0 Å². The maximum atomic E-state index is 12.0. The SMILES string of the molecule is FC(F)(F)[CH]c1ccc2nccnc2c1. The van der Waals surface area contributed by atoms with Gasteiger partial charge in [-0.3, -0.25) is 9.97 Å².